The van der Waals surface area contributed by atoms with Crippen LogP contribution in [0.15, 0.2) is 6.07 Å². The molecule has 0 fully saturated rings. The standard InChI is InChI=1S/C11H21N3S/c1-4-14-11(5-10(3)13-14)8-15-7-9(2)6-12/h5,9H,4,6-8,12H2,1-3H3. The van der Waals surface area contributed by atoms with Gasteiger partial charge in [-0.1, -0.05) is 6.92 Å². The number of hydrogen-bond acceptors (Lipinski definition) is 3. The second-order valence-electron chi connectivity index (χ2n) is 3.95. The third kappa shape index (κ3) is 3.87. The first-order valence-corrected chi connectivity index (χ1v) is 6.64. The van der Waals surface area contributed by atoms with E-state index < -0.39 is 0 Å². The Labute approximate surface area is 96.4 Å². The molecule has 15 heavy (non-hydrogen) atoms. The average Bonchev–Trinajstić information content (AvgIpc) is 2.58. The smallest absolute Gasteiger partial charge is 0.0596 e. The normalized spacial score (nSPS) is 13.1. The van der Waals surface area contributed by atoms with E-state index in [9.17, 15) is 0 Å². The molecule has 1 rings (SSSR count). The molecule has 0 amide bonds. The van der Waals surface area contributed by atoms with Crippen molar-refractivity contribution in [2.45, 2.75) is 33.1 Å². The molecule has 0 spiro atoms. The first kappa shape index (κ1) is 12.6. The van der Waals surface area contributed by atoms with Gasteiger partial charge < -0.3 is 5.73 Å². The van der Waals surface area contributed by atoms with Crippen molar-refractivity contribution in [3.05, 3.63) is 17.5 Å². The molecule has 1 atom stereocenters. The van der Waals surface area contributed by atoms with Gasteiger partial charge in [0.05, 0.1) is 5.69 Å². The number of nitrogens with two attached hydrogens (primary N) is 1. The summed E-state index contributed by atoms with van der Waals surface area (Å²) in [7, 11) is 0. The monoisotopic (exact) mass is 227 g/mol. The van der Waals surface area contributed by atoms with E-state index in [4.69, 9.17) is 5.73 Å². The van der Waals surface area contributed by atoms with Crippen LogP contribution in [0.25, 0.3) is 0 Å². The van der Waals surface area contributed by atoms with Gasteiger partial charge in [0.2, 0.25) is 0 Å². The molecule has 0 aliphatic heterocycles. The predicted octanol–water partition coefficient (Wildman–Crippen LogP) is 2.04. The number of thioether (sulfide) groups is 1. The molecule has 1 unspecified atom stereocenters. The maximum Gasteiger partial charge on any atom is 0.0596 e. The molecule has 1 aromatic heterocycles. The first-order valence-electron chi connectivity index (χ1n) is 5.48. The average molecular weight is 227 g/mol. The van der Waals surface area contributed by atoms with Gasteiger partial charge in [-0.3, -0.25) is 4.68 Å². The lowest BCUT2D eigenvalue weighted by atomic mass is 10.2. The fourth-order valence-corrected chi connectivity index (χ4v) is 2.52. The minimum absolute atomic E-state index is 0.606. The van der Waals surface area contributed by atoms with Crippen LogP contribution in [0.1, 0.15) is 25.2 Å². The van der Waals surface area contributed by atoms with Gasteiger partial charge in [-0.05, 0) is 38.1 Å². The van der Waals surface area contributed by atoms with Crippen molar-refractivity contribution >= 4 is 11.8 Å². The highest BCUT2D eigenvalue weighted by Gasteiger charge is 2.05. The predicted molar refractivity (Wildman–Crippen MR) is 67.0 cm³/mol. The summed E-state index contributed by atoms with van der Waals surface area (Å²) in [6.45, 7) is 8.09. The van der Waals surface area contributed by atoms with Crippen LogP contribution in [0.4, 0.5) is 0 Å². The van der Waals surface area contributed by atoms with Gasteiger partial charge in [0.15, 0.2) is 0 Å². The minimum Gasteiger partial charge on any atom is -0.330 e. The van der Waals surface area contributed by atoms with Gasteiger partial charge in [-0.15, -0.1) is 0 Å². The van der Waals surface area contributed by atoms with Crippen LogP contribution in [0.3, 0.4) is 0 Å². The van der Waals surface area contributed by atoms with Crippen LogP contribution in [0, 0.1) is 12.8 Å². The second-order valence-corrected chi connectivity index (χ2v) is 4.98. The van der Waals surface area contributed by atoms with E-state index in [0.717, 1.165) is 30.3 Å². The summed E-state index contributed by atoms with van der Waals surface area (Å²) in [5, 5.41) is 4.43. The van der Waals surface area contributed by atoms with E-state index in [-0.39, 0.29) is 0 Å². The molecule has 0 radical (unpaired) electrons. The Kier molecular flexibility index (Phi) is 5.19. The van der Waals surface area contributed by atoms with Crippen molar-refractivity contribution in [1.29, 1.82) is 0 Å². The Morgan fingerprint density at radius 1 is 1.60 bits per heavy atom. The summed E-state index contributed by atoms with van der Waals surface area (Å²) >= 11 is 1.94. The number of rotatable bonds is 6. The zero-order valence-electron chi connectivity index (χ0n) is 9.86. The van der Waals surface area contributed by atoms with Crippen LogP contribution in [-0.2, 0) is 12.3 Å². The summed E-state index contributed by atoms with van der Waals surface area (Å²) < 4.78 is 2.08. The van der Waals surface area contributed by atoms with Gasteiger partial charge in [0, 0.05) is 18.0 Å². The minimum atomic E-state index is 0.606. The van der Waals surface area contributed by atoms with Crippen LogP contribution >= 0.6 is 11.8 Å². The molecule has 0 saturated heterocycles. The molecule has 1 heterocycles. The molecule has 0 saturated carbocycles. The molecule has 0 aromatic carbocycles. The second kappa shape index (κ2) is 6.18. The van der Waals surface area contributed by atoms with Crippen molar-refractivity contribution in [1.82, 2.24) is 9.78 Å². The molecule has 0 aliphatic carbocycles. The highest BCUT2D eigenvalue weighted by atomic mass is 32.2. The summed E-state index contributed by atoms with van der Waals surface area (Å²) in [6, 6.07) is 2.17. The summed E-state index contributed by atoms with van der Waals surface area (Å²) in [5.41, 5.74) is 8.01. The molecular weight excluding hydrogens is 206 g/mol. The van der Waals surface area contributed by atoms with Crippen molar-refractivity contribution in [3.63, 3.8) is 0 Å². The van der Waals surface area contributed by atoms with Crippen molar-refractivity contribution in [3.8, 4) is 0 Å². The zero-order valence-corrected chi connectivity index (χ0v) is 10.7. The van der Waals surface area contributed by atoms with Crippen molar-refractivity contribution in [2.24, 2.45) is 11.7 Å². The Morgan fingerprint density at radius 2 is 2.33 bits per heavy atom. The number of aryl methyl sites for hydroxylation is 2. The summed E-state index contributed by atoms with van der Waals surface area (Å²) in [6.07, 6.45) is 0. The molecule has 1 aromatic rings. The van der Waals surface area contributed by atoms with E-state index in [1.807, 2.05) is 18.7 Å². The molecular formula is C11H21N3S. The molecule has 3 nitrogen and oxygen atoms in total. The fourth-order valence-electron chi connectivity index (χ4n) is 1.42. The maximum atomic E-state index is 5.58. The van der Waals surface area contributed by atoms with Crippen molar-refractivity contribution in [2.75, 3.05) is 12.3 Å². The van der Waals surface area contributed by atoms with Crippen LogP contribution < -0.4 is 5.73 Å². The van der Waals surface area contributed by atoms with E-state index in [1.54, 1.807) is 0 Å². The molecule has 2 N–H and O–H groups in total. The van der Waals surface area contributed by atoms with E-state index >= 15 is 0 Å². The number of nitrogens with zero attached hydrogens (tertiary/aromatic N) is 2. The van der Waals surface area contributed by atoms with E-state index in [1.165, 1.54) is 5.69 Å². The van der Waals surface area contributed by atoms with Gasteiger partial charge in [-0.2, -0.15) is 16.9 Å². The number of hydrogen-bond donors (Lipinski definition) is 1. The number of aromatic nitrogens is 2. The van der Waals surface area contributed by atoms with Gasteiger partial charge in [0.1, 0.15) is 0 Å². The molecule has 86 valence electrons. The lowest BCUT2D eigenvalue weighted by Gasteiger charge is -2.08. The third-order valence-electron chi connectivity index (χ3n) is 2.34. The Morgan fingerprint density at radius 3 is 2.93 bits per heavy atom. The fraction of sp³-hybridized carbons (Fsp3) is 0.727. The topological polar surface area (TPSA) is 43.8 Å². The maximum absolute atomic E-state index is 5.58. The molecule has 4 heteroatoms. The van der Waals surface area contributed by atoms with Crippen LogP contribution in [-0.4, -0.2) is 22.1 Å². The Balaban J connectivity index is 2.42. The largest absolute Gasteiger partial charge is 0.330 e. The summed E-state index contributed by atoms with van der Waals surface area (Å²) in [5.74, 6) is 2.78. The van der Waals surface area contributed by atoms with E-state index in [0.29, 0.717) is 5.92 Å². The lowest BCUT2D eigenvalue weighted by Crippen LogP contribution is -2.13. The van der Waals surface area contributed by atoms with E-state index in [2.05, 4.69) is 29.7 Å². The Hall–Kier alpha value is -0.480. The quantitative estimate of drug-likeness (QED) is 0.809. The third-order valence-corrected chi connectivity index (χ3v) is 3.64. The summed E-state index contributed by atoms with van der Waals surface area (Å²) in [4.78, 5) is 0. The van der Waals surface area contributed by atoms with Gasteiger partial charge >= 0.3 is 0 Å². The van der Waals surface area contributed by atoms with Crippen LogP contribution in [0.5, 0.6) is 0 Å². The first-order chi connectivity index (χ1) is 7.17. The molecule has 0 aliphatic rings. The highest BCUT2D eigenvalue weighted by molar-refractivity contribution is 7.98. The van der Waals surface area contributed by atoms with Gasteiger partial charge in [0.25, 0.3) is 0 Å². The molecule has 0 bridgehead atoms. The zero-order chi connectivity index (χ0) is 11.3. The van der Waals surface area contributed by atoms with Gasteiger partial charge in [-0.25, -0.2) is 0 Å². The highest BCUT2D eigenvalue weighted by Crippen LogP contribution is 2.16. The Bertz CT molecular complexity index is 296. The van der Waals surface area contributed by atoms with Crippen LogP contribution in [0.2, 0.25) is 0 Å². The SMILES string of the molecule is CCn1nc(C)cc1CSCC(C)CN. The van der Waals surface area contributed by atoms with Crippen molar-refractivity contribution < 1.29 is 0 Å². The lowest BCUT2D eigenvalue weighted by molar-refractivity contribution is 0.631.